The Balaban J connectivity index is 1.68. The molecule has 1 spiro atoms. The van der Waals surface area contributed by atoms with Gasteiger partial charge in [0, 0.05) is 34.9 Å². The molecule has 0 bridgehead atoms. The fraction of sp³-hybridized carbons (Fsp3) is 0.222. The van der Waals surface area contributed by atoms with Crippen molar-refractivity contribution in [1.82, 2.24) is 5.32 Å². The van der Waals surface area contributed by atoms with Crippen molar-refractivity contribution in [2.24, 2.45) is 0 Å². The van der Waals surface area contributed by atoms with Gasteiger partial charge in [-0.25, -0.2) is 4.79 Å². The summed E-state index contributed by atoms with van der Waals surface area (Å²) in [6, 6.07) is 13.5. The van der Waals surface area contributed by atoms with Crippen LogP contribution in [-0.2, 0) is 19.9 Å². The third-order valence-corrected chi connectivity index (χ3v) is 6.74. The number of fused-ring (bicyclic) bond motifs is 6. The number of carboxylic acid groups (broad SMARTS) is 1. The lowest BCUT2D eigenvalue weighted by atomic mass is 9.76. The average molecular weight is 489 g/mol. The predicted octanol–water partition coefficient (Wildman–Crippen LogP) is 3.75. The van der Waals surface area contributed by atoms with Crippen molar-refractivity contribution in [3.63, 3.8) is 0 Å². The lowest BCUT2D eigenvalue weighted by Crippen LogP contribution is -2.33. The number of hydrogen-bond acceptors (Lipinski definition) is 7. The lowest BCUT2D eigenvalue weighted by Gasteiger charge is -2.36. The molecule has 2 heterocycles. The molecule has 3 aromatic carbocycles. The van der Waals surface area contributed by atoms with Gasteiger partial charge in [0.15, 0.2) is 5.60 Å². The molecule has 1 amide bonds. The van der Waals surface area contributed by atoms with Crippen molar-refractivity contribution >= 4 is 18.3 Å². The van der Waals surface area contributed by atoms with Gasteiger partial charge >= 0.3 is 11.9 Å². The number of esters is 1. The number of benzene rings is 3. The molecule has 0 saturated carbocycles. The van der Waals surface area contributed by atoms with Crippen LogP contribution in [0.25, 0.3) is 0 Å². The Hall–Kier alpha value is -4.53. The Morgan fingerprint density at radius 3 is 2.19 bits per heavy atom. The minimum absolute atomic E-state index is 0.0604. The van der Waals surface area contributed by atoms with Gasteiger partial charge in [0.2, 0.25) is 6.41 Å². The van der Waals surface area contributed by atoms with E-state index < -0.39 is 23.5 Å². The zero-order chi connectivity index (χ0) is 25.6. The maximum atomic E-state index is 13.1. The smallest absolute Gasteiger partial charge is 0.340 e. The van der Waals surface area contributed by atoms with Crippen LogP contribution in [0.2, 0.25) is 0 Å². The first-order valence-electron chi connectivity index (χ1n) is 11.4. The first-order valence-corrected chi connectivity index (χ1v) is 11.4. The van der Waals surface area contributed by atoms with Gasteiger partial charge in [-0.05, 0) is 61.7 Å². The van der Waals surface area contributed by atoms with E-state index in [4.69, 9.17) is 9.47 Å². The molecular formula is C27H23NO8. The average Bonchev–Trinajstić information content (AvgIpc) is 3.11. The molecule has 2 unspecified atom stereocenters. The molecule has 0 fully saturated rings. The topological polar surface area (TPSA) is 142 Å². The maximum Gasteiger partial charge on any atom is 0.340 e. The number of aromatic hydroxyl groups is 2. The van der Waals surface area contributed by atoms with Crippen LogP contribution in [0.5, 0.6) is 23.0 Å². The summed E-state index contributed by atoms with van der Waals surface area (Å²) in [5.41, 5.74) is 0.639. The van der Waals surface area contributed by atoms with Gasteiger partial charge in [-0.2, -0.15) is 0 Å². The van der Waals surface area contributed by atoms with Gasteiger partial charge in [-0.1, -0.05) is 6.07 Å². The SMILES string of the molecule is CC(CCC(C(=O)O)c1ccc2c(c1)C1(OC2=O)c2ccc(O)cc2Oc2cc(O)ccc21)NC=O. The minimum atomic E-state index is -1.47. The van der Waals surface area contributed by atoms with Crippen molar-refractivity contribution in [1.29, 1.82) is 0 Å². The number of aliphatic carboxylic acids is 1. The third-order valence-electron chi connectivity index (χ3n) is 6.74. The van der Waals surface area contributed by atoms with Crippen LogP contribution in [0, 0.1) is 0 Å². The standard InChI is InChI=1S/C27H23NO8/c1-14(28-13-29)2-6-18(25(32)33)15-3-7-19-22(10-15)27(36-26(19)34)20-8-4-16(30)11-23(20)35-24-12-17(31)5-9-21(24)27/h3-5,7-14,18,30-31H,2,6H2,1H3,(H,28,29)(H,32,33). The number of ether oxygens (including phenoxy) is 2. The van der Waals surface area contributed by atoms with E-state index in [1.807, 2.05) is 0 Å². The first kappa shape index (κ1) is 23.2. The van der Waals surface area contributed by atoms with E-state index in [0.29, 0.717) is 35.1 Å². The largest absolute Gasteiger partial charge is 0.508 e. The van der Waals surface area contributed by atoms with Crippen molar-refractivity contribution in [2.75, 3.05) is 0 Å². The second-order valence-electron chi connectivity index (χ2n) is 8.99. The number of carbonyl (C=O) groups is 3. The highest BCUT2D eigenvalue weighted by Gasteiger charge is 2.54. The molecular weight excluding hydrogens is 466 g/mol. The second-order valence-corrected chi connectivity index (χ2v) is 8.99. The molecule has 0 saturated heterocycles. The van der Waals surface area contributed by atoms with Gasteiger partial charge in [0.25, 0.3) is 0 Å². The Morgan fingerprint density at radius 2 is 1.61 bits per heavy atom. The molecule has 0 radical (unpaired) electrons. The van der Waals surface area contributed by atoms with Crippen LogP contribution in [0.3, 0.4) is 0 Å². The first-order chi connectivity index (χ1) is 17.2. The number of amides is 1. The summed E-state index contributed by atoms with van der Waals surface area (Å²) in [7, 11) is 0. The number of phenols is 2. The Labute approximate surface area is 205 Å². The number of rotatable bonds is 7. The summed E-state index contributed by atoms with van der Waals surface area (Å²) in [6.45, 7) is 1.79. The number of hydrogen-bond donors (Lipinski definition) is 4. The Morgan fingerprint density at radius 1 is 0.972 bits per heavy atom. The Bertz CT molecular complexity index is 1350. The molecule has 5 rings (SSSR count). The maximum absolute atomic E-state index is 13.1. The van der Waals surface area contributed by atoms with Crippen molar-refractivity contribution in [3.8, 4) is 23.0 Å². The molecule has 9 heteroatoms. The van der Waals surface area contributed by atoms with Crippen LogP contribution in [0.1, 0.15) is 58.3 Å². The van der Waals surface area contributed by atoms with E-state index in [9.17, 15) is 29.7 Å². The molecule has 2 aliphatic rings. The predicted molar refractivity (Wildman–Crippen MR) is 126 cm³/mol. The summed E-state index contributed by atoms with van der Waals surface area (Å²) in [4.78, 5) is 36.0. The van der Waals surface area contributed by atoms with E-state index in [0.717, 1.165) is 0 Å². The summed E-state index contributed by atoms with van der Waals surface area (Å²) in [6.07, 6.45) is 1.28. The highest BCUT2D eigenvalue weighted by atomic mass is 16.6. The van der Waals surface area contributed by atoms with E-state index >= 15 is 0 Å². The van der Waals surface area contributed by atoms with Crippen LogP contribution in [-0.4, -0.2) is 39.7 Å². The zero-order valence-electron chi connectivity index (χ0n) is 19.2. The highest BCUT2D eigenvalue weighted by molar-refractivity contribution is 5.97. The summed E-state index contributed by atoms with van der Waals surface area (Å²) in [5, 5.41) is 32.7. The van der Waals surface area contributed by atoms with Crippen LogP contribution >= 0.6 is 0 Å². The lowest BCUT2D eigenvalue weighted by molar-refractivity contribution is -0.139. The van der Waals surface area contributed by atoms with E-state index in [1.54, 1.807) is 37.3 Å². The van der Waals surface area contributed by atoms with Crippen LogP contribution < -0.4 is 10.1 Å². The fourth-order valence-corrected chi connectivity index (χ4v) is 4.98. The van der Waals surface area contributed by atoms with Crippen LogP contribution in [0.4, 0.5) is 0 Å². The van der Waals surface area contributed by atoms with Gasteiger partial charge in [-0.15, -0.1) is 0 Å². The molecule has 0 aliphatic carbocycles. The van der Waals surface area contributed by atoms with E-state index in [1.165, 1.54) is 24.3 Å². The Kier molecular flexibility index (Phi) is 5.55. The summed E-state index contributed by atoms with van der Waals surface area (Å²) < 4.78 is 12.0. The zero-order valence-corrected chi connectivity index (χ0v) is 19.2. The van der Waals surface area contributed by atoms with Gasteiger partial charge < -0.3 is 30.1 Å². The summed E-state index contributed by atoms with van der Waals surface area (Å²) >= 11 is 0. The second kappa shape index (κ2) is 8.60. The molecule has 0 aromatic heterocycles. The normalized spacial score (nSPS) is 16.1. The minimum Gasteiger partial charge on any atom is -0.508 e. The summed E-state index contributed by atoms with van der Waals surface area (Å²) in [5.74, 6) is -2.16. The number of carbonyl (C=O) groups excluding carboxylic acids is 2. The van der Waals surface area contributed by atoms with Crippen molar-refractivity contribution in [3.05, 3.63) is 82.4 Å². The highest BCUT2D eigenvalue weighted by Crippen LogP contribution is 2.57. The molecule has 36 heavy (non-hydrogen) atoms. The quantitative estimate of drug-likeness (QED) is 0.290. The monoisotopic (exact) mass is 489 g/mol. The fourth-order valence-electron chi connectivity index (χ4n) is 4.98. The molecule has 184 valence electrons. The number of phenolic OH excluding ortho intramolecular Hbond substituents is 2. The number of nitrogens with one attached hydrogen (secondary N) is 1. The molecule has 3 aromatic rings. The van der Waals surface area contributed by atoms with Gasteiger partial charge in [-0.3, -0.25) is 9.59 Å². The third kappa shape index (κ3) is 3.60. The number of carboxylic acids is 1. The van der Waals surface area contributed by atoms with Crippen molar-refractivity contribution in [2.45, 2.75) is 37.3 Å². The molecule has 2 atom stereocenters. The molecule has 4 N–H and O–H groups in total. The molecule has 2 aliphatic heterocycles. The van der Waals surface area contributed by atoms with Crippen LogP contribution in [0.15, 0.2) is 54.6 Å². The van der Waals surface area contributed by atoms with Gasteiger partial charge in [0.05, 0.1) is 11.5 Å². The van der Waals surface area contributed by atoms with Crippen molar-refractivity contribution < 1.29 is 39.2 Å². The van der Waals surface area contributed by atoms with Gasteiger partial charge in [0.1, 0.15) is 23.0 Å². The molecule has 9 nitrogen and oxygen atoms in total. The van der Waals surface area contributed by atoms with E-state index in [-0.39, 0.29) is 41.0 Å². The van der Waals surface area contributed by atoms with E-state index in [2.05, 4.69) is 5.32 Å².